The third kappa shape index (κ3) is 3.60. The van der Waals surface area contributed by atoms with Crippen LogP contribution in [-0.4, -0.2) is 4.98 Å². The van der Waals surface area contributed by atoms with Crippen LogP contribution in [0.15, 0.2) is 42.6 Å². The molecular weight excluding hydrogens is 259 g/mol. The summed E-state index contributed by atoms with van der Waals surface area (Å²) in [5.74, 6) is 1.19. The molecule has 0 amide bonds. The van der Waals surface area contributed by atoms with Crippen LogP contribution in [-0.2, 0) is 6.54 Å². The minimum atomic E-state index is 0. The molecule has 0 bridgehead atoms. The first-order valence-electron chi connectivity index (χ1n) is 4.87. The molecule has 0 aliphatic rings. The molecule has 2 rings (SSSR count). The Labute approximate surface area is 111 Å². The van der Waals surface area contributed by atoms with Crippen molar-refractivity contribution in [2.45, 2.75) is 6.54 Å². The molecule has 5 heteroatoms. The van der Waals surface area contributed by atoms with Crippen LogP contribution in [0.2, 0.25) is 5.02 Å². The van der Waals surface area contributed by atoms with E-state index in [1.807, 2.05) is 24.3 Å². The summed E-state index contributed by atoms with van der Waals surface area (Å²) in [7, 11) is 0. The van der Waals surface area contributed by atoms with Gasteiger partial charge in [-0.1, -0.05) is 23.7 Å². The summed E-state index contributed by atoms with van der Waals surface area (Å²) in [6.07, 6.45) is 1.67. The maximum Gasteiger partial charge on any atom is 0.219 e. The van der Waals surface area contributed by atoms with Crippen molar-refractivity contribution in [3.63, 3.8) is 0 Å². The van der Waals surface area contributed by atoms with Gasteiger partial charge in [-0.2, -0.15) is 0 Å². The summed E-state index contributed by atoms with van der Waals surface area (Å²) in [6, 6.07) is 10.9. The SMILES string of the molecule is Cl.NCc1ccc(Oc2ccccn2)cc1Cl. The fourth-order valence-corrected chi connectivity index (χ4v) is 1.53. The first-order chi connectivity index (χ1) is 7.79. The minimum absolute atomic E-state index is 0. The summed E-state index contributed by atoms with van der Waals surface area (Å²) in [6.45, 7) is 0.419. The van der Waals surface area contributed by atoms with Crippen LogP contribution in [0.4, 0.5) is 0 Å². The summed E-state index contributed by atoms with van der Waals surface area (Å²) in [4.78, 5) is 4.06. The Kier molecular flexibility index (Phi) is 5.22. The van der Waals surface area contributed by atoms with Gasteiger partial charge in [-0.05, 0) is 23.8 Å². The monoisotopic (exact) mass is 270 g/mol. The van der Waals surface area contributed by atoms with Gasteiger partial charge in [-0.25, -0.2) is 4.98 Å². The van der Waals surface area contributed by atoms with Crippen molar-refractivity contribution in [3.05, 3.63) is 53.2 Å². The molecule has 17 heavy (non-hydrogen) atoms. The topological polar surface area (TPSA) is 48.1 Å². The zero-order valence-corrected chi connectivity index (χ0v) is 10.5. The largest absolute Gasteiger partial charge is 0.439 e. The first-order valence-corrected chi connectivity index (χ1v) is 5.25. The molecule has 3 nitrogen and oxygen atoms in total. The third-order valence-corrected chi connectivity index (χ3v) is 2.46. The molecule has 0 saturated heterocycles. The van der Waals surface area contributed by atoms with Crippen LogP contribution in [0.5, 0.6) is 11.6 Å². The second kappa shape index (κ2) is 6.45. The minimum Gasteiger partial charge on any atom is -0.439 e. The Morgan fingerprint density at radius 3 is 2.65 bits per heavy atom. The summed E-state index contributed by atoms with van der Waals surface area (Å²) in [5, 5.41) is 0.607. The van der Waals surface area contributed by atoms with E-state index in [9.17, 15) is 0 Å². The fraction of sp³-hybridized carbons (Fsp3) is 0.0833. The van der Waals surface area contributed by atoms with Crippen LogP contribution in [0.25, 0.3) is 0 Å². The number of nitrogens with two attached hydrogens (primary N) is 1. The molecule has 2 aromatic rings. The average Bonchev–Trinajstić information content (AvgIpc) is 2.31. The number of pyridine rings is 1. The molecule has 0 aliphatic carbocycles. The molecule has 1 aromatic carbocycles. The lowest BCUT2D eigenvalue weighted by Gasteiger charge is -2.06. The van der Waals surface area contributed by atoms with Gasteiger partial charge in [0.05, 0.1) is 0 Å². The van der Waals surface area contributed by atoms with E-state index in [0.717, 1.165) is 5.56 Å². The van der Waals surface area contributed by atoms with Crippen molar-refractivity contribution < 1.29 is 4.74 Å². The van der Waals surface area contributed by atoms with Gasteiger partial charge >= 0.3 is 0 Å². The normalized spacial score (nSPS) is 9.53. The number of benzene rings is 1. The van der Waals surface area contributed by atoms with Crippen molar-refractivity contribution in [2.24, 2.45) is 5.73 Å². The Morgan fingerprint density at radius 1 is 1.24 bits per heavy atom. The highest BCUT2D eigenvalue weighted by molar-refractivity contribution is 6.31. The van der Waals surface area contributed by atoms with E-state index in [0.29, 0.717) is 23.2 Å². The Balaban J connectivity index is 0.00000144. The maximum absolute atomic E-state index is 6.02. The lowest BCUT2D eigenvalue weighted by Crippen LogP contribution is -1.97. The maximum atomic E-state index is 6.02. The van der Waals surface area contributed by atoms with E-state index in [4.69, 9.17) is 22.1 Å². The van der Waals surface area contributed by atoms with Crippen molar-refractivity contribution in [2.75, 3.05) is 0 Å². The predicted molar refractivity (Wildman–Crippen MR) is 70.9 cm³/mol. The van der Waals surface area contributed by atoms with Gasteiger partial charge in [-0.3, -0.25) is 0 Å². The van der Waals surface area contributed by atoms with Crippen LogP contribution in [0.1, 0.15) is 5.56 Å². The highest BCUT2D eigenvalue weighted by Gasteiger charge is 2.02. The standard InChI is InChI=1S/C12H11ClN2O.ClH/c13-11-7-10(5-4-9(11)8-14)16-12-3-1-2-6-15-12;/h1-7H,8,14H2;1H. The second-order valence-corrected chi connectivity index (χ2v) is 3.63. The number of rotatable bonds is 3. The molecule has 0 radical (unpaired) electrons. The van der Waals surface area contributed by atoms with E-state index >= 15 is 0 Å². The zero-order valence-electron chi connectivity index (χ0n) is 8.97. The van der Waals surface area contributed by atoms with Crippen LogP contribution < -0.4 is 10.5 Å². The van der Waals surface area contributed by atoms with Gasteiger partial charge in [-0.15, -0.1) is 12.4 Å². The molecule has 2 N–H and O–H groups in total. The van der Waals surface area contributed by atoms with Crippen molar-refractivity contribution in [3.8, 4) is 11.6 Å². The smallest absolute Gasteiger partial charge is 0.219 e. The quantitative estimate of drug-likeness (QED) is 0.930. The van der Waals surface area contributed by atoms with Gasteiger partial charge in [0.2, 0.25) is 5.88 Å². The van der Waals surface area contributed by atoms with E-state index in [2.05, 4.69) is 4.98 Å². The van der Waals surface area contributed by atoms with Crippen molar-refractivity contribution in [1.29, 1.82) is 0 Å². The molecule has 90 valence electrons. The average molecular weight is 271 g/mol. The molecule has 0 aliphatic heterocycles. The number of hydrogen-bond acceptors (Lipinski definition) is 3. The summed E-state index contributed by atoms with van der Waals surface area (Å²) < 4.78 is 5.52. The highest BCUT2D eigenvalue weighted by atomic mass is 35.5. The number of aromatic nitrogens is 1. The molecule has 0 saturated carbocycles. The molecule has 0 atom stereocenters. The number of halogens is 2. The van der Waals surface area contributed by atoms with E-state index in [1.54, 1.807) is 18.3 Å². The third-order valence-electron chi connectivity index (χ3n) is 2.10. The zero-order chi connectivity index (χ0) is 11.4. The van der Waals surface area contributed by atoms with E-state index in [-0.39, 0.29) is 12.4 Å². The Hall–Kier alpha value is -1.29. The van der Waals surface area contributed by atoms with Gasteiger partial charge in [0, 0.05) is 23.8 Å². The molecule has 1 aromatic heterocycles. The number of nitrogens with zero attached hydrogens (tertiary/aromatic N) is 1. The Morgan fingerprint density at radius 2 is 2.06 bits per heavy atom. The van der Waals surface area contributed by atoms with E-state index in [1.165, 1.54) is 0 Å². The van der Waals surface area contributed by atoms with Gasteiger partial charge in [0.1, 0.15) is 5.75 Å². The molecule has 0 unspecified atom stereocenters. The molecule has 1 heterocycles. The first kappa shape index (κ1) is 13.8. The number of hydrogen-bond donors (Lipinski definition) is 1. The van der Waals surface area contributed by atoms with Crippen molar-refractivity contribution >= 4 is 24.0 Å². The summed E-state index contributed by atoms with van der Waals surface area (Å²) >= 11 is 6.02. The van der Waals surface area contributed by atoms with Gasteiger partial charge in [0.25, 0.3) is 0 Å². The fourth-order valence-electron chi connectivity index (χ4n) is 1.29. The Bertz CT molecular complexity index is 477. The van der Waals surface area contributed by atoms with Gasteiger partial charge < -0.3 is 10.5 Å². The van der Waals surface area contributed by atoms with Crippen LogP contribution >= 0.6 is 24.0 Å². The van der Waals surface area contributed by atoms with Gasteiger partial charge in [0.15, 0.2) is 0 Å². The molecule has 0 fully saturated rings. The lowest BCUT2D eigenvalue weighted by molar-refractivity contribution is 0.463. The predicted octanol–water partition coefficient (Wildman–Crippen LogP) is 3.41. The van der Waals surface area contributed by atoms with E-state index < -0.39 is 0 Å². The molecule has 0 spiro atoms. The van der Waals surface area contributed by atoms with Crippen LogP contribution in [0.3, 0.4) is 0 Å². The van der Waals surface area contributed by atoms with Crippen molar-refractivity contribution in [1.82, 2.24) is 4.98 Å². The number of ether oxygens (including phenoxy) is 1. The summed E-state index contributed by atoms with van der Waals surface area (Å²) in [5.41, 5.74) is 6.41. The highest BCUT2D eigenvalue weighted by Crippen LogP contribution is 2.25. The lowest BCUT2D eigenvalue weighted by atomic mass is 10.2. The van der Waals surface area contributed by atoms with Crippen LogP contribution in [0, 0.1) is 0 Å². The second-order valence-electron chi connectivity index (χ2n) is 3.23. The molecular formula is C12H12Cl2N2O.